The predicted molar refractivity (Wildman–Crippen MR) is 84.7 cm³/mol. The number of nitro groups is 1. The highest BCUT2D eigenvalue weighted by Crippen LogP contribution is 2.34. The molecule has 0 amide bonds. The molecule has 21 heavy (non-hydrogen) atoms. The molecule has 0 aliphatic carbocycles. The van der Waals surface area contributed by atoms with E-state index in [-0.39, 0.29) is 11.7 Å². The molecule has 0 bridgehead atoms. The minimum atomic E-state index is -0.445. The molecule has 0 spiro atoms. The highest BCUT2D eigenvalue weighted by molar-refractivity contribution is 9.10. The lowest BCUT2D eigenvalue weighted by Gasteiger charge is -2.15. The Labute approximate surface area is 131 Å². The highest BCUT2D eigenvalue weighted by Gasteiger charge is 2.14. The van der Waals surface area contributed by atoms with Gasteiger partial charge in [0.05, 0.1) is 11.0 Å². The van der Waals surface area contributed by atoms with Crippen molar-refractivity contribution >= 4 is 21.6 Å². The van der Waals surface area contributed by atoms with Gasteiger partial charge in [0.1, 0.15) is 11.5 Å². The molecular weight excluding hydrogens is 336 g/mol. The first-order valence-electron chi connectivity index (χ1n) is 6.36. The lowest BCUT2D eigenvalue weighted by Crippen LogP contribution is -2.06. The van der Waals surface area contributed by atoms with Gasteiger partial charge in [-0.05, 0) is 37.6 Å². The average Bonchev–Trinajstić information content (AvgIpc) is 2.40. The zero-order valence-electron chi connectivity index (χ0n) is 11.7. The van der Waals surface area contributed by atoms with E-state index in [0.717, 1.165) is 15.6 Å². The van der Waals surface area contributed by atoms with E-state index in [9.17, 15) is 10.1 Å². The van der Waals surface area contributed by atoms with Crippen LogP contribution in [0.3, 0.4) is 0 Å². The Morgan fingerprint density at radius 1 is 1.24 bits per heavy atom. The summed E-state index contributed by atoms with van der Waals surface area (Å²) in [4.78, 5) is 10.4. The third kappa shape index (κ3) is 3.59. The molecule has 0 heterocycles. The molecule has 110 valence electrons. The summed E-state index contributed by atoms with van der Waals surface area (Å²) in [5.41, 5.74) is 7.58. The van der Waals surface area contributed by atoms with Crippen molar-refractivity contribution in [1.82, 2.24) is 0 Å². The zero-order valence-corrected chi connectivity index (χ0v) is 13.3. The summed E-state index contributed by atoms with van der Waals surface area (Å²) in [5.74, 6) is 1.03. The molecule has 0 aliphatic heterocycles. The molecule has 1 unspecified atom stereocenters. The number of nitrogens with zero attached hydrogens (tertiary/aromatic N) is 1. The standard InChI is InChI=1S/C15H15BrN2O3/c1-9-3-5-12(18(19)20)8-14(9)21-15-7-11(16)4-6-13(15)10(2)17/h3-8,10H,17H2,1-2H3. The Kier molecular flexibility index (Phi) is 4.59. The quantitative estimate of drug-likeness (QED) is 0.651. The Bertz CT molecular complexity index is 687. The van der Waals surface area contributed by atoms with Gasteiger partial charge in [0.25, 0.3) is 5.69 Å². The van der Waals surface area contributed by atoms with E-state index in [1.54, 1.807) is 12.1 Å². The number of benzene rings is 2. The minimum absolute atomic E-state index is 0.00653. The van der Waals surface area contributed by atoms with Crippen LogP contribution in [0.2, 0.25) is 0 Å². The molecule has 0 fully saturated rings. The van der Waals surface area contributed by atoms with Gasteiger partial charge in [-0.15, -0.1) is 0 Å². The van der Waals surface area contributed by atoms with E-state index in [0.29, 0.717) is 11.5 Å². The second-order valence-electron chi connectivity index (χ2n) is 4.78. The Hall–Kier alpha value is -1.92. The van der Waals surface area contributed by atoms with Gasteiger partial charge in [-0.2, -0.15) is 0 Å². The Balaban J connectivity index is 2.44. The van der Waals surface area contributed by atoms with E-state index in [1.807, 2.05) is 26.0 Å². The number of halogens is 1. The van der Waals surface area contributed by atoms with Crippen LogP contribution in [0, 0.1) is 17.0 Å². The molecule has 2 aromatic carbocycles. The maximum atomic E-state index is 10.9. The fourth-order valence-electron chi connectivity index (χ4n) is 1.90. The molecule has 2 aromatic rings. The first-order chi connectivity index (χ1) is 9.88. The summed E-state index contributed by atoms with van der Waals surface area (Å²) in [6, 6.07) is 9.89. The lowest BCUT2D eigenvalue weighted by atomic mass is 10.1. The number of hydrogen-bond donors (Lipinski definition) is 1. The first-order valence-corrected chi connectivity index (χ1v) is 7.15. The summed E-state index contributed by atoms with van der Waals surface area (Å²) in [7, 11) is 0. The number of ether oxygens (including phenoxy) is 1. The largest absolute Gasteiger partial charge is 0.456 e. The van der Waals surface area contributed by atoms with Gasteiger partial charge in [-0.3, -0.25) is 10.1 Å². The maximum absolute atomic E-state index is 10.9. The molecule has 0 saturated carbocycles. The number of hydrogen-bond acceptors (Lipinski definition) is 4. The zero-order chi connectivity index (χ0) is 15.6. The molecule has 0 saturated heterocycles. The first kappa shape index (κ1) is 15.5. The van der Waals surface area contributed by atoms with Crippen LogP contribution in [0.5, 0.6) is 11.5 Å². The summed E-state index contributed by atoms with van der Waals surface area (Å²) < 4.78 is 6.71. The molecule has 2 rings (SSSR count). The number of nitro benzene ring substituents is 1. The second kappa shape index (κ2) is 6.24. The smallest absolute Gasteiger partial charge is 0.273 e. The van der Waals surface area contributed by atoms with Crippen LogP contribution < -0.4 is 10.5 Å². The number of rotatable bonds is 4. The van der Waals surface area contributed by atoms with Gasteiger partial charge in [-0.25, -0.2) is 0 Å². The van der Waals surface area contributed by atoms with Crippen molar-refractivity contribution in [3.8, 4) is 11.5 Å². The summed E-state index contributed by atoms with van der Waals surface area (Å²) >= 11 is 3.39. The molecular formula is C15H15BrN2O3. The summed E-state index contributed by atoms with van der Waals surface area (Å²) in [6.45, 7) is 3.69. The van der Waals surface area contributed by atoms with Gasteiger partial charge in [-0.1, -0.05) is 22.0 Å². The number of aryl methyl sites for hydroxylation is 1. The molecule has 0 radical (unpaired) electrons. The third-order valence-corrected chi connectivity index (χ3v) is 3.56. The predicted octanol–water partition coefficient (Wildman–Crippen LogP) is 4.48. The van der Waals surface area contributed by atoms with Crippen molar-refractivity contribution < 1.29 is 9.66 Å². The molecule has 0 aromatic heterocycles. The van der Waals surface area contributed by atoms with Gasteiger partial charge >= 0.3 is 0 Å². The fraction of sp³-hybridized carbons (Fsp3) is 0.200. The number of non-ortho nitro benzene ring substituents is 1. The van der Waals surface area contributed by atoms with Gasteiger partial charge < -0.3 is 10.5 Å². The van der Waals surface area contributed by atoms with Crippen molar-refractivity contribution in [3.05, 3.63) is 62.1 Å². The maximum Gasteiger partial charge on any atom is 0.273 e. The topological polar surface area (TPSA) is 78.4 Å². The van der Waals surface area contributed by atoms with Crippen LogP contribution in [-0.2, 0) is 0 Å². The van der Waals surface area contributed by atoms with Crippen molar-refractivity contribution in [2.24, 2.45) is 5.73 Å². The Morgan fingerprint density at radius 2 is 1.95 bits per heavy atom. The Morgan fingerprint density at radius 3 is 2.57 bits per heavy atom. The van der Waals surface area contributed by atoms with E-state index in [4.69, 9.17) is 10.5 Å². The van der Waals surface area contributed by atoms with Gasteiger partial charge in [0.2, 0.25) is 0 Å². The van der Waals surface area contributed by atoms with Crippen LogP contribution in [0.25, 0.3) is 0 Å². The number of nitrogens with two attached hydrogens (primary N) is 1. The van der Waals surface area contributed by atoms with Crippen LogP contribution in [0.1, 0.15) is 24.1 Å². The van der Waals surface area contributed by atoms with Crippen molar-refractivity contribution in [1.29, 1.82) is 0 Å². The van der Waals surface area contributed by atoms with Gasteiger partial charge in [0.15, 0.2) is 0 Å². The van der Waals surface area contributed by atoms with E-state index < -0.39 is 4.92 Å². The highest BCUT2D eigenvalue weighted by atomic mass is 79.9. The van der Waals surface area contributed by atoms with E-state index in [2.05, 4.69) is 15.9 Å². The second-order valence-corrected chi connectivity index (χ2v) is 5.70. The van der Waals surface area contributed by atoms with E-state index >= 15 is 0 Å². The van der Waals surface area contributed by atoms with Crippen molar-refractivity contribution in [2.75, 3.05) is 0 Å². The van der Waals surface area contributed by atoms with Crippen LogP contribution >= 0.6 is 15.9 Å². The lowest BCUT2D eigenvalue weighted by molar-refractivity contribution is -0.384. The average molecular weight is 351 g/mol. The third-order valence-electron chi connectivity index (χ3n) is 3.07. The van der Waals surface area contributed by atoms with Crippen LogP contribution in [0.15, 0.2) is 40.9 Å². The molecule has 2 N–H and O–H groups in total. The molecule has 5 nitrogen and oxygen atoms in total. The SMILES string of the molecule is Cc1ccc([N+](=O)[O-])cc1Oc1cc(Br)ccc1C(C)N. The van der Waals surface area contributed by atoms with E-state index in [1.165, 1.54) is 12.1 Å². The van der Waals surface area contributed by atoms with Gasteiger partial charge in [0, 0.05) is 22.1 Å². The molecule has 0 aliphatic rings. The van der Waals surface area contributed by atoms with Crippen molar-refractivity contribution in [2.45, 2.75) is 19.9 Å². The molecule has 1 atom stereocenters. The summed E-state index contributed by atoms with van der Waals surface area (Å²) in [6.07, 6.45) is 0. The van der Waals surface area contributed by atoms with Crippen LogP contribution in [-0.4, -0.2) is 4.92 Å². The molecule has 6 heteroatoms. The van der Waals surface area contributed by atoms with Crippen LogP contribution in [0.4, 0.5) is 5.69 Å². The van der Waals surface area contributed by atoms with Crippen molar-refractivity contribution in [3.63, 3.8) is 0 Å². The monoisotopic (exact) mass is 350 g/mol. The fourth-order valence-corrected chi connectivity index (χ4v) is 2.24. The minimum Gasteiger partial charge on any atom is -0.456 e. The normalized spacial score (nSPS) is 12.0. The summed E-state index contributed by atoms with van der Waals surface area (Å²) in [5, 5.41) is 10.9.